The predicted octanol–water partition coefficient (Wildman–Crippen LogP) is 4.56. The van der Waals surface area contributed by atoms with E-state index >= 15 is 0 Å². The molecule has 0 bridgehead atoms. The first-order chi connectivity index (χ1) is 15.2. The van der Waals surface area contributed by atoms with Gasteiger partial charge < -0.3 is 14.8 Å². The highest BCUT2D eigenvalue weighted by Gasteiger charge is 2.35. The van der Waals surface area contributed by atoms with Crippen molar-refractivity contribution in [3.05, 3.63) is 70.4 Å². The van der Waals surface area contributed by atoms with E-state index in [4.69, 9.17) is 4.84 Å². The van der Waals surface area contributed by atoms with E-state index in [1.807, 2.05) is 34.5 Å². The van der Waals surface area contributed by atoms with Crippen LogP contribution in [0.3, 0.4) is 0 Å². The average Bonchev–Trinajstić information content (AvgIpc) is 3.51. The molecular weight excluding hydrogens is 408 g/mol. The lowest BCUT2D eigenvalue weighted by Crippen LogP contribution is -2.44. The van der Waals surface area contributed by atoms with Crippen molar-refractivity contribution in [1.82, 2.24) is 4.90 Å². The summed E-state index contributed by atoms with van der Waals surface area (Å²) < 4.78 is 0. The van der Waals surface area contributed by atoms with Gasteiger partial charge in [0.2, 0.25) is 6.10 Å². The van der Waals surface area contributed by atoms with Crippen LogP contribution in [0, 0.1) is 5.92 Å². The van der Waals surface area contributed by atoms with Gasteiger partial charge in [0, 0.05) is 30.8 Å². The molecule has 0 spiro atoms. The number of rotatable bonds is 5. The Balaban J connectivity index is 1.16. The Kier molecular flexibility index (Phi) is 5.74. The van der Waals surface area contributed by atoms with Crippen LogP contribution in [0.25, 0.3) is 10.8 Å². The van der Waals surface area contributed by atoms with E-state index in [1.165, 1.54) is 16.3 Å². The van der Waals surface area contributed by atoms with Gasteiger partial charge in [-0.3, -0.25) is 4.79 Å². The van der Waals surface area contributed by atoms with Crippen molar-refractivity contribution in [1.29, 1.82) is 0 Å². The topological polar surface area (TPSA) is 62.1 Å². The lowest BCUT2D eigenvalue weighted by atomic mass is 9.90. The third-order valence-corrected chi connectivity index (χ3v) is 7.36. The summed E-state index contributed by atoms with van der Waals surface area (Å²) >= 11 is 1.59. The highest BCUT2D eigenvalue weighted by atomic mass is 32.1. The Labute approximate surface area is 185 Å². The van der Waals surface area contributed by atoms with Crippen molar-refractivity contribution in [2.45, 2.75) is 37.9 Å². The molecule has 1 N–H and O–H groups in total. The number of nitrogens with zero attached hydrogens (tertiary/aromatic N) is 2. The van der Waals surface area contributed by atoms with Crippen LogP contribution in [0.15, 0.2) is 65.1 Å². The van der Waals surface area contributed by atoms with Crippen LogP contribution in [-0.2, 0) is 16.1 Å². The van der Waals surface area contributed by atoms with E-state index in [0.717, 1.165) is 23.4 Å². The van der Waals surface area contributed by atoms with Crippen molar-refractivity contribution < 1.29 is 14.7 Å². The van der Waals surface area contributed by atoms with E-state index in [9.17, 15) is 9.90 Å². The maximum Gasteiger partial charge on any atom is 0.266 e. The second-order valence-electron chi connectivity index (χ2n) is 8.39. The standard InChI is InChI=1S/C25H26N2O3S/c28-24(23-9-4-14-31-23)18-10-12-27(13-11-18)25(29)22-16-20(26-30-22)15-19-7-3-6-17-5-1-2-8-21(17)19/h1-9,14,18,22,24,28H,10-13,15-16H2/t22-,24+/m1/s1. The van der Waals surface area contributed by atoms with Crippen LogP contribution in [-0.4, -0.2) is 40.8 Å². The largest absolute Gasteiger partial charge is 0.387 e. The van der Waals surface area contributed by atoms with Gasteiger partial charge in [0.1, 0.15) is 0 Å². The van der Waals surface area contributed by atoms with Crippen molar-refractivity contribution in [2.75, 3.05) is 13.1 Å². The van der Waals surface area contributed by atoms with Crippen LogP contribution in [0.5, 0.6) is 0 Å². The summed E-state index contributed by atoms with van der Waals surface area (Å²) in [6.45, 7) is 1.31. The lowest BCUT2D eigenvalue weighted by Gasteiger charge is -2.34. The number of benzene rings is 2. The van der Waals surface area contributed by atoms with E-state index in [1.54, 1.807) is 11.3 Å². The Morgan fingerprint density at radius 2 is 1.94 bits per heavy atom. The average molecular weight is 435 g/mol. The SMILES string of the molecule is O=C([C@H]1CC(Cc2cccc3ccccc23)=NO1)N1CCC([C@H](O)c2cccs2)CC1. The molecular formula is C25H26N2O3S. The first-order valence-electron chi connectivity index (χ1n) is 10.9. The summed E-state index contributed by atoms with van der Waals surface area (Å²) in [6, 6.07) is 18.6. The molecule has 2 aliphatic heterocycles. The highest BCUT2D eigenvalue weighted by molar-refractivity contribution is 7.10. The van der Waals surface area contributed by atoms with Crippen molar-refractivity contribution in [2.24, 2.45) is 11.1 Å². The van der Waals surface area contributed by atoms with Gasteiger partial charge in [-0.2, -0.15) is 0 Å². The predicted molar refractivity (Wildman–Crippen MR) is 123 cm³/mol. The fourth-order valence-electron chi connectivity index (χ4n) is 4.66. The molecule has 1 fully saturated rings. The molecule has 0 aliphatic carbocycles. The maximum atomic E-state index is 13.0. The summed E-state index contributed by atoms with van der Waals surface area (Å²) in [6.07, 6.45) is 1.89. The van der Waals surface area contributed by atoms with Crippen LogP contribution < -0.4 is 0 Å². The third kappa shape index (κ3) is 4.23. The summed E-state index contributed by atoms with van der Waals surface area (Å²) in [7, 11) is 0. The molecule has 1 amide bonds. The minimum atomic E-state index is -0.524. The Morgan fingerprint density at radius 1 is 1.13 bits per heavy atom. The van der Waals surface area contributed by atoms with Crippen molar-refractivity contribution in [3.63, 3.8) is 0 Å². The summed E-state index contributed by atoms with van der Waals surface area (Å²) in [5.41, 5.74) is 2.12. The minimum absolute atomic E-state index is 0.0146. The van der Waals surface area contributed by atoms with Gasteiger partial charge >= 0.3 is 0 Å². The molecule has 2 aliphatic rings. The Hall–Kier alpha value is -2.70. The molecule has 3 aromatic rings. The Morgan fingerprint density at radius 3 is 2.74 bits per heavy atom. The molecule has 0 unspecified atom stereocenters. The monoisotopic (exact) mass is 434 g/mol. The van der Waals surface area contributed by atoms with E-state index in [0.29, 0.717) is 25.9 Å². The summed E-state index contributed by atoms with van der Waals surface area (Å²) in [4.78, 5) is 21.4. The third-order valence-electron chi connectivity index (χ3n) is 6.41. The van der Waals surface area contributed by atoms with Crippen molar-refractivity contribution >= 4 is 33.7 Å². The van der Waals surface area contributed by atoms with Crippen molar-refractivity contribution in [3.8, 4) is 0 Å². The smallest absolute Gasteiger partial charge is 0.266 e. The zero-order valence-electron chi connectivity index (χ0n) is 17.3. The molecule has 5 nitrogen and oxygen atoms in total. The number of hydrogen-bond acceptors (Lipinski definition) is 5. The zero-order valence-corrected chi connectivity index (χ0v) is 18.1. The molecule has 2 atom stereocenters. The van der Waals surface area contributed by atoms with Gasteiger partial charge in [-0.15, -0.1) is 11.3 Å². The summed E-state index contributed by atoms with van der Waals surface area (Å²) in [5.74, 6) is 0.214. The highest BCUT2D eigenvalue weighted by Crippen LogP contribution is 2.33. The van der Waals surface area contributed by atoms with Gasteiger partial charge in [0.05, 0.1) is 11.8 Å². The number of aliphatic hydroxyl groups excluding tert-OH is 1. The number of oxime groups is 1. The quantitative estimate of drug-likeness (QED) is 0.640. The number of amides is 1. The number of fused-ring (bicyclic) bond motifs is 1. The van der Waals surface area contributed by atoms with E-state index in [2.05, 4.69) is 35.5 Å². The van der Waals surface area contributed by atoms with Crippen LogP contribution >= 0.6 is 11.3 Å². The molecule has 5 rings (SSSR count). The lowest BCUT2D eigenvalue weighted by molar-refractivity contribution is -0.144. The first kappa shape index (κ1) is 20.2. The molecule has 1 aromatic heterocycles. The van der Waals surface area contributed by atoms with Crippen LogP contribution in [0.4, 0.5) is 0 Å². The molecule has 1 saturated heterocycles. The molecule has 3 heterocycles. The number of hydrogen-bond donors (Lipinski definition) is 1. The zero-order chi connectivity index (χ0) is 21.2. The molecule has 31 heavy (non-hydrogen) atoms. The van der Waals surface area contributed by atoms with Gasteiger partial charge in [0.25, 0.3) is 5.91 Å². The number of piperidine rings is 1. The minimum Gasteiger partial charge on any atom is -0.387 e. The number of likely N-dealkylation sites (tertiary alicyclic amines) is 1. The molecule has 0 saturated carbocycles. The van der Waals surface area contributed by atoms with Gasteiger partial charge in [-0.05, 0) is 46.5 Å². The fourth-order valence-corrected chi connectivity index (χ4v) is 5.46. The van der Waals surface area contributed by atoms with Crippen LogP contribution in [0.1, 0.15) is 35.8 Å². The first-order valence-corrected chi connectivity index (χ1v) is 11.8. The molecule has 160 valence electrons. The summed E-state index contributed by atoms with van der Waals surface area (Å²) in [5, 5.41) is 19.2. The number of carbonyl (C=O) groups excluding carboxylic acids is 1. The Bertz CT molecular complexity index is 1080. The molecule has 6 heteroatoms. The van der Waals surface area contributed by atoms with Gasteiger partial charge in [-0.1, -0.05) is 53.7 Å². The maximum absolute atomic E-state index is 13.0. The molecule has 2 aromatic carbocycles. The number of thiophene rings is 1. The van der Waals surface area contributed by atoms with E-state index < -0.39 is 12.2 Å². The normalized spacial score (nSPS) is 20.5. The number of carbonyl (C=O) groups is 1. The van der Waals surface area contributed by atoms with Gasteiger partial charge in [-0.25, -0.2) is 0 Å². The van der Waals surface area contributed by atoms with E-state index in [-0.39, 0.29) is 11.8 Å². The molecule has 0 radical (unpaired) electrons. The number of aliphatic hydroxyl groups is 1. The second kappa shape index (κ2) is 8.81. The van der Waals surface area contributed by atoms with Gasteiger partial charge in [0.15, 0.2) is 0 Å². The van der Waals surface area contributed by atoms with Crippen LogP contribution in [0.2, 0.25) is 0 Å². The fraction of sp³-hybridized carbons (Fsp3) is 0.360. The second-order valence-corrected chi connectivity index (χ2v) is 9.37.